The van der Waals surface area contributed by atoms with E-state index in [9.17, 15) is 18.5 Å². The molecular formula is C19H22N4O6S. The second-order valence-corrected chi connectivity index (χ2v) is 8.74. The molecule has 0 N–H and O–H groups in total. The fourth-order valence-electron chi connectivity index (χ4n) is 3.03. The first-order valence-corrected chi connectivity index (χ1v) is 10.5. The van der Waals surface area contributed by atoms with E-state index in [-0.39, 0.29) is 22.9 Å². The summed E-state index contributed by atoms with van der Waals surface area (Å²) in [5.41, 5.74) is 1.16. The first-order chi connectivity index (χ1) is 14.2. The Morgan fingerprint density at radius 3 is 2.50 bits per heavy atom. The molecule has 1 aromatic heterocycles. The highest BCUT2D eigenvalue weighted by Crippen LogP contribution is 2.32. The summed E-state index contributed by atoms with van der Waals surface area (Å²) in [7, 11) is 0.799. The van der Waals surface area contributed by atoms with Crippen LogP contribution in [0.5, 0.6) is 11.5 Å². The Labute approximate surface area is 173 Å². The van der Waals surface area contributed by atoms with Crippen molar-refractivity contribution in [2.45, 2.75) is 25.0 Å². The van der Waals surface area contributed by atoms with E-state index in [1.54, 1.807) is 12.1 Å². The van der Waals surface area contributed by atoms with Gasteiger partial charge in [0, 0.05) is 26.7 Å². The second kappa shape index (κ2) is 8.28. The van der Waals surface area contributed by atoms with Crippen molar-refractivity contribution in [3.63, 3.8) is 0 Å². The van der Waals surface area contributed by atoms with Gasteiger partial charge < -0.3 is 14.0 Å². The molecule has 2 aromatic carbocycles. The van der Waals surface area contributed by atoms with Crippen LogP contribution in [0.1, 0.15) is 12.7 Å². The minimum absolute atomic E-state index is 0.0236. The number of ether oxygens (including phenoxy) is 2. The predicted molar refractivity (Wildman–Crippen MR) is 110 cm³/mol. The van der Waals surface area contributed by atoms with E-state index in [0.29, 0.717) is 23.6 Å². The lowest BCUT2D eigenvalue weighted by Gasteiger charge is -2.12. The van der Waals surface area contributed by atoms with Crippen LogP contribution >= 0.6 is 0 Å². The van der Waals surface area contributed by atoms with Gasteiger partial charge in [-0.3, -0.25) is 10.1 Å². The molecule has 0 saturated heterocycles. The Bertz CT molecular complexity index is 1200. The van der Waals surface area contributed by atoms with Crippen molar-refractivity contribution in [1.29, 1.82) is 0 Å². The van der Waals surface area contributed by atoms with Crippen molar-refractivity contribution in [2.75, 3.05) is 21.2 Å². The minimum Gasteiger partial charge on any atom is -0.493 e. The van der Waals surface area contributed by atoms with Gasteiger partial charge in [0.15, 0.2) is 11.5 Å². The minimum atomic E-state index is -3.58. The summed E-state index contributed by atoms with van der Waals surface area (Å²) < 4.78 is 38.8. The lowest BCUT2D eigenvalue weighted by molar-refractivity contribution is -0.385. The summed E-state index contributed by atoms with van der Waals surface area (Å²) in [5.74, 6) is 1.14. The Morgan fingerprint density at radius 1 is 1.17 bits per heavy atom. The van der Waals surface area contributed by atoms with Crippen molar-refractivity contribution in [2.24, 2.45) is 0 Å². The third kappa shape index (κ3) is 3.94. The number of aryl methyl sites for hydroxylation is 1. The average Bonchev–Trinajstić information content (AvgIpc) is 3.08. The van der Waals surface area contributed by atoms with Crippen LogP contribution in [0, 0.1) is 10.1 Å². The molecule has 0 aliphatic carbocycles. The highest BCUT2D eigenvalue weighted by atomic mass is 32.2. The van der Waals surface area contributed by atoms with E-state index < -0.39 is 14.9 Å². The van der Waals surface area contributed by atoms with Crippen LogP contribution < -0.4 is 9.47 Å². The molecule has 1 heterocycles. The summed E-state index contributed by atoms with van der Waals surface area (Å²) in [6, 6.07) is 8.86. The Kier molecular flexibility index (Phi) is 5.94. The van der Waals surface area contributed by atoms with Gasteiger partial charge in [0.2, 0.25) is 10.0 Å². The number of fused-ring (bicyclic) bond motifs is 1. The Balaban J connectivity index is 1.97. The van der Waals surface area contributed by atoms with E-state index in [2.05, 4.69) is 4.98 Å². The van der Waals surface area contributed by atoms with Crippen molar-refractivity contribution < 1.29 is 22.8 Å². The number of nitro groups is 1. The van der Waals surface area contributed by atoms with Gasteiger partial charge in [0.1, 0.15) is 12.4 Å². The van der Waals surface area contributed by atoms with E-state index in [1.807, 2.05) is 11.5 Å². The monoisotopic (exact) mass is 434 g/mol. The molecule has 3 aromatic rings. The first kappa shape index (κ1) is 21.5. The topological polar surface area (TPSA) is 117 Å². The molecule has 11 heteroatoms. The Morgan fingerprint density at radius 2 is 1.90 bits per heavy atom. The summed E-state index contributed by atoms with van der Waals surface area (Å²) in [6.45, 7) is 2.54. The van der Waals surface area contributed by atoms with E-state index in [1.165, 1.54) is 45.5 Å². The van der Waals surface area contributed by atoms with Crippen molar-refractivity contribution in [1.82, 2.24) is 13.9 Å². The largest absolute Gasteiger partial charge is 0.493 e. The van der Waals surface area contributed by atoms with E-state index in [4.69, 9.17) is 9.47 Å². The molecule has 0 atom stereocenters. The molecule has 0 saturated carbocycles. The maximum absolute atomic E-state index is 12.4. The maximum atomic E-state index is 12.4. The zero-order valence-corrected chi connectivity index (χ0v) is 17.8. The second-order valence-electron chi connectivity index (χ2n) is 6.59. The van der Waals surface area contributed by atoms with Gasteiger partial charge in [-0.25, -0.2) is 17.7 Å². The molecule has 0 fully saturated rings. The third-order valence-electron chi connectivity index (χ3n) is 4.61. The standard InChI is InChI=1S/C19H22N4O6S/c1-5-22-16-8-7-14(30(26,27)21(2)3)11-15(16)20-19(22)12-29-18-10-13(23(24)25)6-9-17(18)28-4/h6-11H,5,12H2,1-4H3. The highest BCUT2D eigenvalue weighted by molar-refractivity contribution is 7.89. The normalized spacial score (nSPS) is 11.8. The van der Waals surface area contributed by atoms with Crippen LogP contribution in [0.2, 0.25) is 0 Å². The molecule has 0 amide bonds. The fourth-order valence-corrected chi connectivity index (χ4v) is 3.95. The Hall–Kier alpha value is -3.18. The third-order valence-corrected chi connectivity index (χ3v) is 6.42. The molecule has 0 radical (unpaired) electrons. The van der Waals surface area contributed by atoms with Gasteiger partial charge in [-0.1, -0.05) is 0 Å². The molecule has 30 heavy (non-hydrogen) atoms. The predicted octanol–water partition coefficient (Wildman–Crippen LogP) is 2.80. The van der Waals surface area contributed by atoms with E-state index in [0.717, 1.165) is 9.82 Å². The highest BCUT2D eigenvalue weighted by Gasteiger charge is 2.20. The number of sulfonamides is 1. The number of nitrogens with zero attached hydrogens (tertiary/aromatic N) is 4. The van der Waals surface area contributed by atoms with Gasteiger partial charge in [0.25, 0.3) is 5.69 Å². The van der Waals surface area contributed by atoms with Crippen LogP contribution in [0.3, 0.4) is 0 Å². The van der Waals surface area contributed by atoms with Crippen LogP contribution in [-0.4, -0.2) is 48.4 Å². The molecule has 0 aliphatic heterocycles. The van der Waals surface area contributed by atoms with Gasteiger partial charge in [-0.2, -0.15) is 0 Å². The zero-order valence-electron chi connectivity index (χ0n) is 17.0. The number of rotatable bonds is 8. The van der Waals surface area contributed by atoms with Gasteiger partial charge >= 0.3 is 0 Å². The van der Waals surface area contributed by atoms with Crippen molar-refractivity contribution in [3.8, 4) is 11.5 Å². The number of non-ortho nitro benzene ring substituents is 1. The van der Waals surface area contributed by atoms with Crippen LogP contribution in [0.15, 0.2) is 41.3 Å². The number of nitro benzene ring substituents is 1. The SMILES string of the molecule is CCn1c(COc2cc([N+](=O)[O-])ccc2OC)nc2cc(S(=O)(=O)N(C)C)ccc21. The maximum Gasteiger partial charge on any atom is 0.273 e. The quantitative estimate of drug-likeness (QED) is 0.395. The molecule has 10 nitrogen and oxygen atoms in total. The summed E-state index contributed by atoms with van der Waals surface area (Å²) >= 11 is 0. The number of benzene rings is 2. The van der Waals surface area contributed by atoms with Gasteiger partial charge in [-0.05, 0) is 31.2 Å². The fraction of sp³-hybridized carbons (Fsp3) is 0.316. The zero-order chi connectivity index (χ0) is 22.1. The number of hydrogen-bond donors (Lipinski definition) is 0. The van der Waals surface area contributed by atoms with Gasteiger partial charge in [0.05, 0.1) is 34.0 Å². The van der Waals surface area contributed by atoms with Crippen LogP contribution in [0.25, 0.3) is 11.0 Å². The van der Waals surface area contributed by atoms with Crippen molar-refractivity contribution >= 4 is 26.7 Å². The van der Waals surface area contributed by atoms with E-state index >= 15 is 0 Å². The lowest BCUT2D eigenvalue weighted by atomic mass is 10.3. The molecule has 0 bridgehead atoms. The van der Waals surface area contributed by atoms with Crippen molar-refractivity contribution in [3.05, 3.63) is 52.3 Å². The number of methoxy groups -OCH3 is 1. The average molecular weight is 434 g/mol. The number of imidazole rings is 1. The summed E-state index contributed by atoms with van der Waals surface area (Å²) in [4.78, 5) is 15.2. The van der Waals surface area contributed by atoms with Gasteiger partial charge in [-0.15, -0.1) is 0 Å². The molecule has 160 valence electrons. The molecule has 3 rings (SSSR count). The number of hydrogen-bond acceptors (Lipinski definition) is 7. The molecule has 0 spiro atoms. The molecule has 0 unspecified atom stereocenters. The molecule has 0 aliphatic rings. The summed E-state index contributed by atoms with van der Waals surface area (Å²) in [5, 5.41) is 11.0. The number of aromatic nitrogens is 2. The van der Waals surface area contributed by atoms with Crippen LogP contribution in [-0.2, 0) is 23.2 Å². The lowest BCUT2D eigenvalue weighted by Crippen LogP contribution is -2.22. The smallest absolute Gasteiger partial charge is 0.273 e. The first-order valence-electron chi connectivity index (χ1n) is 9.06. The van der Waals surface area contributed by atoms with Crippen LogP contribution in [0.4, 0.5) is 5.69 Å². The summed E-state index contributed by atoms with van der Waals surface area (Å²) in [6.07, 6.45) is 0. The molecular weight excluding hydrogens is 412 g/mol.